The summed E-state index contributed by atoms with van der Waals surface area (Å²) in [5, 5.41) is 6.28. The van der Waals surface area contributed by atoms with Crippen LogP contribution in [-0.2, 0) is 4.79 Å². The van der Waals surface area contributed by atoms with Crippen LogP contribution in [0.1, 0.15) is 18.1 Å². The molecule has 3 aromatic carbocycles. The zero-order valence-electron chi connectivity index (χ0n) is 14.6. The summed E-state index contributed by atoms with van der Waals surface area (Å²) in [4.78, 5) is 12.0. The Morgan fingerprint density at radius 1 is 1.08 bits per heavy atom. The van der Waals surface area contributed by atoms with Crippen LogP contribution in [0.2, 0.25) is 0 Å². The van der Waals surface area contributed by atoms with Crippen LogP contribution >= 0.6 is 15.9 Å². The van der Waals surface area contributed by atoms with Gasteiger partial charge < -0.3 is 4.74 Å². The van der Waals surface area contributed by atoms with Crippen LogP contribution in [0.3, 0.4) is 0 Å². The maximum Gasteiger partial charge on any atom is 0.277 e. The quantitative estimate of drug-likeness (QED) is 0.483. The molecule has 0 unspecified atom stereocenters. The van der Waals surface area contributed by atoms with Gasteiger partial charge >= 0.3 is 0 Å². The third-order valence-electron chi connectivity index (χ3n) is 4.00. The average molecular weight is 411 g/mol. The van der Waals surface area contributed by atoms with Crippen molar-refractivity contribution in [2.75, 3.05) is 6.61 Å². The highest BCUT2D eigenvalue weighted by molar-refractivity contribution is 9.10. The van der Waals surface area contributed by atoms with Crippen molar-refractivity contribution < 1.29 is 9.53 Å². The molecule has 1 amide bonds. The van der Waals surface area contributed by atoms with Crippen LogP contribution in [0.15, 0.2) is 70.2 Å². The molecule has 0 atom stereocenters. The van der Waals surface area contributed by atoms with Gasteiger partial charge in [-0.1, -0.05) is 60.2 Å². The van der Waals surface area contributed by atoms with Gasteiger partial charge in [-0.2, -0.15) is 5.10 Å². The molecule has 0 saturated carbocycles. The lowest BCUT2D eigenvalue weighted by Crippen LogP contribution is -2.25. The van der Waals surface area contributed by atoms with E-state index in [4.69, 9.17) is 4.74 Å². The first kappa shape index (κ1) is 18.1. The summed E-state index contributed by atoms with van der Waals surface area (Å²) in [6.45, 7) is 3.77. The molecule has 0 aliphatic heterocycles. The molecule has 3 rings (SSSR count). The average Bonchev–Trinajstić information content (AvgIpc) is 2.66. The molecule has 0 spiro atoms. The van der Waals surface area contributed by atoms with Gasteiger partial charge in [0.25, 0.3) is 5.91 Å². The van der Waals surface area contributed by atoms with Crippen LogP contribution in [0.4, 0.5) is 0 Å². The van der Waals surface area contributed by atoms with Gasteiger partial charge in [-0.25, -0.2) is 5.43 Å². The highest BCUT2D eigenvalue weighted by atomic mass is 79.9. The molecule has 4 nitrogen and oxygen atoms in total. The van der Waals surface area contributed by atoms with Crippen molar-refractivity contribution in [2.45, 2.75) is 13.8 Å². The number of nitrogens with zero attached hydrogens (tertiary/aromatic N) is 1. The summed E-state index contributed by atoms with van der Waals surface area (Å²) < 4.78 is 6.47. The van der Waals surface area contributed by atoms with Crippen molar-refractivity contribution in [2.24, 2.45) is 5.10 Å². The zero-order valence-corrected chi connectivity index (χ0v) is 16.2. The molecule has 132 valence electrons. The predicted molar refractivity (Wildman–Crippen MR) is 109 cm³/mol. The Kier molecular flexibility index (Phi) is 5.68. The van der Waals surface area contributed by atoms with Gasteiger partial charge in [0.2, 0.25) is 0 Å². The minimum atomic E-state index is -0.309. The van der Waals surface area contributed by atoms with Crippen molar-refractivity contribution in [1.29, 1.82) is 0 Å². The van der Waals surface area contributed by atoms with Gasteiger partial charge in [0.1, 0.15) is 5.75 Å². The number of fused-ring (bicyclic) bond motifs is 1. The second-order valence-electron chi connectivity index (χ2n) is 5.99. The van der Waals surface area contributed by atoms with Gasteiger partial charge in [0.15, 0.2) is 6.61 Å². The summed E-state index contributed by atoms with van der Waals surface area (Å²) in [6.07, 6.45) is 0. The molecule has 5 heteroatoms. The number of benzene rings is 3. The standard InChI is InChI=1S/C21H19BrN2O2/c1-14-7-9-16(10-8-14)15(2)23-24-20(25)13-26-19-12-11-17-5-3-4-6-18(17)21(19)22/h3-12H,13H2,1-2H3,(H,24,25)/b23-15-. The summed E-state index contributed by atoms with van der Waals surface area (Å²) in [5.41, 5.74) is 5.42. The van der Waals surface area contributed by atoms with Gasteiger partial charge in [-0.15, -0.1) is 0 Å². The minimum Gasteiger partial charge on any atom is -0.483 e. The number of carbonyl (C=O) groups is 1. The lowest BCUT2D eigenvalue weighted by molar-refractivity contribution is -0.123. The molecule has 26 heavy (non-hydrogen) atoms. The van der Waals surface area contributed by atoms with Crippen molar-refractivity contribution in [3.8, 4) is 5.75 Å². The Hall–Kier alpha value is -2.66. The molecule has 0 aliphatic carbocycles. The van der Waals surface area contributed by atoms with E-state index in [2.05, 4.69) is 26.5 Å². The number of hydrazone groups is 1. The number of aryl methyl sites for hydroxylation is 1. The highest BCUT2D eigenvalue weighted by Crippen LogP contribution is 2.32. The molecule has 1 N–H and O–H groups in total. The van der Waals surface area contributed by atoms with E-state index in [0.717, 1.165) is 26.5 Å². The molecule has 0 bridgehead atoms. The van der Waals surface area contributed by atoms with E-state index in [1.165, 1.54) is 5.56 Å². The SMILES string of the molecule is C/C(=N/NC(=O)COc1ccc2ccccc2c1Br)c1ccc(C)cc1. The Morgan fingerprint density at radius 3 is 2.58 bits per heavy atom. The largest absolute Gasteiger partial charge is 0.483 e. The number of ether oxygens (including phenoxy) is 1. The number of hydrogen-bond acceptors (Lipinski definition) is 3. The van der Waals surface area contributed by atoms with E-state index in [9.17, 15) is 4.79 Å². The van der Waals surface area contributed by atoms with Crippen LogP contribution in [-0.4, -0.2) is 18.2 Å². The number of amides is 1. The molecule has 0 radical (unpaired) electrons. The number of hydrogen-bond donors (Lipinski definition) is 1. The molecule has 0 saturated heterocycles. The second kappa shape index (κ2) is 8.15. The first-order valence-corrected chi connectivity index (χ1v) is 9.04. The molecular weight excluding hydrogens is 392 g/mol. The molecule has 3 aromatic rings. The van der Waals surface area contributed by atoms with Crippen molar-refractivity contribution in [3.63, 3.8) is 0 Å². The maximum atomic E-state index is 12.0. The fraction of sp³-hybridized carbons (Fsp3) is 0.143. The van der Waals surface area contributed by atoms with Gasteiger partial charge in [-0.3, -0.25) is 4.79 Å². The van der Waals surface area contributed by atoms with E-state index < -0.39 is 0 Å². The summed E-state index contributed by atoms with van der Waals surface area (Å²) in [6, 6.07) is 19.8. The van der Waals surface area contributed by atoms with Crippen molar-refractivity contribution >= 4 is 38.3 Å². The summed E-state index contributed by atoms with van der Waals surface area (Å²) in [5.74, 6) is 0.314. The van der Waals surface area contributed by atoms with Crippen LogP contribution in [0.25, 0.3) is 10.8 Å². The van der Waals surface area contributed by atoms with Crippen LogP contribution < -0.4 is 10.2 Å². The van der Waals surface area contributed by atoms with Crippen LogP contribution in [0.5, 0.6) is 5.75 Å². The molecule has 0 aliphatic rings. The fourth-order valence-corrected chi connectivity index (χ4v) is 3.11. The number of halogens is 1. The van der Waals surface area contributed by atoms with Crippen LogP contribution in [0, 0.1) is 6.92 Å². The molecular formula is C21H19BrN2O2. The second-order valence-corrected chi connectivity index (χ2v) is 6.78. The van der Waals surface area contributed by atoms with E-state index >= 15 is 0 Å². The van der Waals surface area contributed by atoms with Crippen molar-refractivity contribution in [1.82, 2.24) is 5.43 Å². The minimum absolute atomic E-state index is 0.110. The monoisotopic (exact) mass is 410 g/mol. The first-order valence-electron chi connectivity index (χ1n) is 8.25. The summed E-state index contributed by atoms with van der Waals surface area (Å²) >= 11 is 3.55. The Bertz CT molecular complexity index is 965. The van der Waals surface area contributed by atoms with E-state index in [0.29, 0.717) is 5.75 Å². The molecule has 0 heterocycles. The number of rotatable bonds is 5. The third kappa shape index (κ3) is 4.29. The fourth-order valence-electron chi connectivity index (χ4n) is 2.51. The third-order valence-corrected chi connectivity index (χ3v) is 4.82. The molecule has 0 fully saturated rings. The smallest absolute Gasteiger partial charge is 0.277 e. The maximum absolute atomic E-state index is 12.0. The first-order chi connectivity index (χ1) is 12.5. The molecule has 0 aromatic heterocycles. The van der Waals surface area contributed by atoms with E-state index in [1.54, 1.807) is 0 Å². The van der Waals surface area contributed by atoms with Gasteiger partial charge in [0.05, 0.1) is 10.2 Å². The number of nitrogens with one attached hydrogen (secondary N) is 1. The lowest BCUT2D eigenvalue weighted by atomic mass is 10.1. The van der Waals surface area contributed by atoms with Crippen molar-refractivity contribution in [3.05, 3.63) is 76.3 Å². The van der Waals surface area contributed by atoms with E-state index in [1.807, 2.05) is 74.5 Å². The highest BCUT2D eigenvalue weighted by Gasteiger charge is 2.08. The topological polar surface area (TPSA) is 50.7 Å². The normalized spacial score (nSPS) is 11.4. The van der Waals surface area contributed by atoms with Gasteiger partial charge in [-0.05, 0) is 52.2 Å². The zero-order chi connectivity index (χ0) is 18.5. The predicted octanol–water partition coefficient (Wildman–Crippen LogP) is 4.83. The number of carbonyl (C=O) groups excluding carboxylic acids is 1. The Labute approximate surface area is 161 Å². The summed E-state index contributed by atoms with van der Waals surface area (Å²) in [7, 11) is 0. The van der Waals surface area contributed by atoms with E-state index in [-0.39, 0.29) is 12.5 Å². The Balaban J connectivity index is 1.61. The van der Waals surface area contributed by atoms with Gasteiger partial charge in [0, 0.05) is 0 Å². The lowest BCUT2D eigenvalue weighted by Gasteiger charge is -2.10. The Morgan fingerprint density at radius 2 is 1.81 bits per heavy atom.